The molecule has 0 amide bonds. The molecule has 35 heavy (non-hydrogen) atoms. The summed E-state index contributed by atoms with van der Waals surface area (Å²) in [6, 6.07) is 5.53. The molecule has 7 heteroatoms. The van der Waals surface area contributed by atoms with Crippen molar-refractivity contribution < 1.29 is 33.2 Å². The maximum atomic E-state index is 12.8. The number of ether oxygens (including phenoxy) is 6. The van der Waals surface area contributed by atoms with E-state index in [1.807, 2.05) is 25.1 Å². The lowest BCUT2D eigenvalue weighted by Crippen LogP contribution is -2.55. The first kappa shape index (κ1) is 25.7. The lowest BCUT2D eigenvalue weighted by Gasteiger charge is -2.42. The van der Waals surface area contributed by atoms with Gasteiger partial charge in [0.2, 0.25) is 0 Å². The number of carbonyl (C=O) groups is 1. The van der Waals surface area contributed by atoms with Crippen molar-refractivity contribution in [2.75, 3.05) is 27.4 Å². The first-order valence-electron chi connectivity index (χ1n) is 12.4. The smallest absolute Gasteiger partial charge is 0.331 e. The summed E-state index contributed by atoms with van der Waals surface area (Å²) in [5.74, 6) is 0.883. The van der Waals surface area contributed by atoms with Gasteiger partial charge in [-0.2, -0.15) is 0 Å². The van der Waals surface area contributed by atoms with Crippen LogP contribution in [0.5, 0.6) is 11.5 Å². The molecule has 0 aromatic heterocycles. The van der Waals surface area contributed by atoms with E-state index in [1.54, 1.807) is 20.3 Å². The van der Waals surface area contributed by atoms with E-state index in [9.17, 15) is 4.79 Å². The van der Waals surface area contributed by atoms with E-state index < -0.39 is 5.97 Å². The fraction of sp³-hybridized carbons (Fsp3) is 0.607. The van der Waals surface area contributed by atoms with Crippen LogP contribution in [0.25, 0.3) is 6.08 Å². The van der Waals surface area contributed by atoms with Gasteiger partial charge in [0.05, 0.1) is 32.3 Å². The highest BCUT2D eigenvalue weighted by Crippen LogP contribution is 2.59. The molecular formula is C28H38O7. The zero-order valence-corrected chi connectivity index (χ0v) is 21.7. The van der Waals surface area contributed by atoms with Crippen molar-refractivity contribution in [2.24, 2.45) is 5.92 Å². The van der Waals surface area contributed by atoms with Gasteiger partial charge in [-0.15, -0.1) is 0 Å². The molecule has 1 unspecified atom stereocenters. The van der Waals surface area contributed by atoms with Gasteiger partial charge in [-0.3, -0.25) is 0 Å². The van der Waals surface area contributed by atoms with Gasteiger partial charge in [0.25, 0.3) is 0 Å². The van der Waals surface area contributed by atoms with Gasteiger partial charge in [-0.1, -0.05) is 17.7 Å². The summed E-state index contributed by atoms with van der Waals surface area (Å²) in [5, 5.41) is 0. The molecule has 0 bridgehead atoms. The average molecular weight is 487 g/mol. The molecule has 2 heterocycles. The van der Waals surface area contributed by atoms with Crippen LogP contribution in [0.2, 0.25) is 0 Å². The Labute approximate surface area is 208 Å². The first-order chi connectivity index (χ1) is 16.8. The fourth-order valence-electron chi connectivity index (χ4n) is 5.49. The SMILES string of the molecule is CCOc1ccc(/C=C/C(=O)O[C@@H]2CC[C@]3(CO3)[C@@H](C3(C)O[C@H]3CC=C(C)C)[C@@H]2OC)cc1OC. The Hall–Kier alpha value is -2.35. The number of allylic oxidation sites excluding steroid dienone is 1. The quantitative estimate of drug-likeness (QED) is 0.205. The maximum Gasteiger partial charge on any atom is 0.331 e. The number of rotatable bonds is 10. The van der Waals surface area contributed by atoms with Crippen LogP contribution in [-0.2, 0) is 23.7 Å². The van der Waals surface area contributed by atoms with E-state index in [2.05, 4.69) is 26.8 Å². The zero-order chi connectivity index (χ0) is 25.2. The normalized spacial score (nSPS) is 33.4. The predicted octanol–water partition coefficient (Wildman–Crippen LogP) is 4.73. The largest absolute Gasteiger partial charge is 0.493 e. The van der Waals surface area contributed by atoms with Gasteiger partial charge in [0, 0.05) is 13.2 Å². The van der Waals surface area contributed by atoms with Crippen LogP contribution in [0.4, 0.5) is 0 Å². The van der Waals surface area contributed by atoms with Crippen molar-refractivity contribution in [3.05, 3.63) is 41.5 Å². The van der Waals surface area contributed by atoms with Crippen molar-refractivity contribution in [2.45, 2.75) is 76.5 Å². The Morgan fingerprint density at radius 2 is 2.00 bits per heavy atom. The highest BCUT2D eigenvalue weighted by molar-refractivity contribution is 5.87. The van der Waals surface area contributed by atoms with Crippen molar-refractivity contribution >= 4 is 12.0 Å². The number of carbonyl (C=O) groups excluding carboxylic acids is 1. The number of esters is 1. The molecule has 1 aromatic rings. The summed E-state index contributed by atoms with van der Waals surface area (Å²) in [5.41, 5.74) is 1.49. The topological polar surface area (TPSA) is 79.1 Å². The molecule has 3 fully saturated rings. The van der Waals surface area contributed by atoms with Crippen LogP contribution < -0.4 is 9.47 Å². The molecule has 4 rings (SSSR count). The van der Waals surface area contributed by atoms with Crippen LogP contribution in [-0.4, -0.2) is 62.9 Å². The van der Waals surface area contributed by atoms with Gasteiger partial charge in [0.15, 0.2) is 11.5 Å². The number of epoxide rings is 2. The van der Waals surface area contributed by atoms with Gasteiger partial charge in [-0.25, -0.2) is 4.79 Å². The Morgan fingerprint density at radius 1 is 1.23 bits per heavy atom. The monoisotopic (exact) mass is 486 g/mol. The molecule has 2 saturated heterocycles. The van der Waals surface area contributed by atoms with Gasteiger partial charge >= 0.3 is 5.97 Å². The maximum absolute atomic E-state index is 12.8. The number of hydrogen-bond acceptors (Lipinski definition) is 7. The molecule has 6 atom stereocenters. The van der Waals surface area contributed by atoms with Gasteiger partial charge in [-0.05, 0) is 70.7 Å². The molecule has 1 aromatic carbocycles. The van der Waals surface area contributed by atoms with E-state index in [1.165, 1.54) is 11.6 Å². The highest BCUT2D eigenvalue weighted by atomic mass is 16.6. The van der Waals surface area contributed by atoms with Crippen LogP contribution in [0, 0.1) is 5.92 Å². The van der Waals surface area contributed by atoms with E-state index in [0.29, 0.717) is 31.1 Å². The fourth-order valence-corrected chi connectivity index (χ4v) is 5.49. The number of methoxy groups -OCH3 is 2. The second kappa shape index (κ2) is 10.3. The summed E-state index contributed by atoms with van der Waals surface area (Å²) in [7, 11) is 3.27. The zero-order valence-electron chi connectivity index (χ0n) is 21.7. The minimum atomic E-state index is -0.403. The Morgan fingerprint density at radius 3 is 2.63 bits per heavy atom. The number of hydrogen-bond donors (Lipinski definition) is 0. The molecule has 2 aliphatic heterocycles. The van der Waals surface area contributed by atoms with Crippen LogP contribution in [0.3, 0.4) is 0 Å². The lowest BCUT2D eigenvalue weighted by atomic mass is 9.68. The molecule has 3 aliphatic rings. The lowest BCUT2D eigenvalue weighted by molar-refractivity contribution is -0.166. The summed E-state index contributed by atoms with van der Waals surface area (Å²) < 4.78 is 35.0. The molecule has 0 N–H and O–H groups in total. The van der Waals surface area contributed by atoms with Gasteiger partial charge in [0.1, 0.15) is 23.4 Å². The van der Waals surface area contributed by atoms with Crippen molar-refractivity contribution in [3.63, 3.8) is 0 Å². The van der Waals surface area contributed by atoms with Crippen molar-refractivity contribution in [1.82, 2.24) is 0 Å². The van der Waals surface area contributed by atoms with Crippen molar-refractivity contribution in [1.29, 1.82) is 0 Å². The predicted molar refractivity (Wildman–Crippen MR) is 133 cm³/mol. The minimum absolute atomic E-state index is 0.00135. The summed E-state index contributed by atoms with van der Waals surface area (Å²) in [6.07, 6.45) is 7.21. The van der Waals surface area contributed by atoms with Crippen LogP contribution in [0.1, 0.15) is 52.5 Å². The molecule has 192 valence electrons. The molecule has 1 aliphatic carbocycles. The summed E-state index contributed by atoms with van der Waals surface area (Å²) in [4.78, 5) is 12.8. The number of benzene rings is 1. The van der Waals surface area contributed by atoms with Crippen LogP contribution >= 0.6 is 0 Å². The minimum Gasteiger partial charge on any atom is -0.493 e. The molecule has 1 saturated carbocycles. The summed E-state index contributed by atoms with van der Waals surface area (Å²) in [6.45, 7) is 9.49. The Bertz CT molecular complexity index is 976. The molecular weight excluding hydrogens is 448 g/mol. The first-order valence-corrected chi connectivity index (χ1v) is 12.4. The van der Waals surface area contributed by atoms with Gasteiger partial charge < -0.3 is 28.4 Å². The molecule has 7 nitrogen and oxygen atoms in total. The Balaban J connectivity index is 1.44. The third-order valence-electron chi connectivity index (χ3n) is 7.40. The molecule has 0 radical (unpaired) electrons. The van der Waals surface area contributed by atoms with Crippen LogP contribution in [0.15, 0.2) is 35.9 Å². The second-order valence-corrected chi connectivity index (χ2v) is 10.0. The van der Waals surface area contributed by atoms with E-state index in [4.69, 9.17) is 28.4 Å². The second-order valence-electron chi connectivity index (χ2n) is 10.0. The summed E-state index contributed by atoms with van der Waals surface area (Å²) >= 11 is 0. The van der Waals surface area contributed by atoms with Crippen molar-refractivity contribution in [3.8, 4) is 11.5 Å². The molecule has 1 spiro atoms. The standard InChI is InChI=1S/C28H38O7/c1-7-32-20-11-9-19(16-22(20)30-5)10-13-24(29)34-21-14-15-28(17-33-28)26(25(21)31-6)27(4)23(35-27)12-8-18(2)3/h8-11,13,16,21,23,25-26H,7,12,14-15,17H2,1-6H3/b13-10+/t21-,23+,25-,26-,27?,28+/m1/s1. The third kappa shape index (κ3) is 5.42. The average Bonchev–Trinajstić information content (AvgIpc) is 3.75. The highest BCUT2D eigenvalue weighted by Gasteiger charge is 2.72. The Kier molecular flexibility index (Phi) is 7.60. The van der Waals surface area contributed by atoms with E-state index in [0.717, 1.165) is 18.4 Å². The van der Waals surface area contributed by atoms with E-state index in [-0.39, 0.29) is 35.4 Å². The third-order valence-corrected chi connectivity index (χ3v) is 7.40. The van der Waals surface area contributed by atoms with E-state index >= 15 is 0 Å².